The normalized spacial score (nSPS) is 11.9. The molecule has 0 N–H and O–H groups in total. The average Bonchev–Trinajstić information content (AvgIpc) is 3.19. The Labute approximate surface area is 226 Å². The third-order valence-electron chi connectivity index (χ3n) is 5.17. The molecule has 0 aliphatic rings. The highest BCUT2D eigenvalue weighted by Gasteiger charge is 2.35. The average molecular weight is 600 g/mol. The van der Waals surface area contributed by atoms with Crippen molar-refractivity contribution in [2.45, 2.75) is 59.0 Å². The van der Waals surface area contributed by atoms with Gasteiger partial charge in [0, 0.05) is 26.5 Å². The molecule has 3 aromatic rings. The number of amides is 1. The van der Waals surface area contributed by atoms with Crippen LogP contribution in [0.4, 0.5) is 18.0 Å². The van der Waals surface area contributed by atoms with Gasteiger partial charge in [0.05, 0.1) is 25.8 Å². The fourth-order valence-corrected chi connectivity index (χ4v) is 4.20. The second-order valence-corrected chi connectivity index (χ2v) is 10.4. The predicted octanol–water partition coefficient (Wildman–Crippen LogP) is 7.18. The van der Waals surface area contributed by atoms with E-state index in [-0.39, 0.29) is 32.1 Å². The van der Waals surface area contributed by atoms with Gasteiger partial charge in [-0.15, -0.1) is 0 Å². The summed E-state index contributed by atoms with van der Waals surface area (Å²) in [6.07, 6.45) is -4.21. The molecule has 0 bridgehead atoms. The molecule has 38 heavy (non-hydrogen) atoms. The van der Waals surface area contributed by atoms with Gasteiger partial charge < -0.3 is 18.6 Å². The Hall–Kier alpha value is -3.21. The zero-order chi connectivity index (χ0) is 28.1. The summed E-state index contributed by atoms with van der Waals surface area (Å²) in [5, 5.41) is 0.605. The highest BCUT2D eigenvalue weighted by molar-refractivity contribution is 9.10. The number of benzene rings is 2. The van der Waals surface area contributed by atoms with Crippen LogP contribution in [0.15, 0.2) is 51.6 Å². The minimum atomic E-state index is -4.62. The van der Waals surface area contributed by atoms with Crippen molar-refractivity contribution < 1.29 is 41.4 Å². The molecule has 0 aliphatic carbocycles. The third kappa shape index (κ3) is 8.41. The summed E-state index contributed by atoms with van der Waals surface area (Å²) >= 11 is 3.40. The van der Waals surface area contributed by atoms with E-state index in [4.69, 9.17) is 18.6 Å². The van der Waals surface area contributed by atoms with Crippen LogP contribution in [0.3, 0.4) is 0 Å². The van der Waals surface area contributed by atoms with Crippen molar-refractivity contribution >= 4 is 39.0 Å². The molecule has 7 nitrogen and oxygen atoms in total. The van der Waals surface area contributed by atoms with Crippen molar-refractivity contribution in [3.8, 4) is 5.75 Å². The van der Waals surface area contributed by atoms with Crippen LogP contribution >= 0.6 is 15.9 Å². The summed E-state index contributed by atoms with van der Waals surface area (Å²) in [5.74, 6) is 0.116. The lowest BCUT2D eigenvalue weighted by Crippen LogP contribution is -2.41. The van der Waals surface area contributed by atoms with Crippen molar-refractivity contribution in [3.05, 3.63) is 63.8 Å². The molecule has 2 aromatic carbocycles. The molecule has 0 radical (unpaired) electrons. The van der Waals surface area contributed by atoms with Gasteiger partial charge >= 0.3 is 18.2 Å². The van der Waals surface area contributed by atoms with Crippen molar-refractivity contribution in [3.63, 3.8) is 0 Å². The van der Waals surface area contributed by atoms with E-state index in [9.17, 15) is 22.8 Å². The van der Waals surface area contributed by atoms with E-state index in [0.29, 0.717) is 42.8 Å². The Morgan fingerprint density at radius 3 is 2.42 bits per heavy atom. The van der Waals surface area contributed by atoms with E-state index in [1.165, 1.54) is 6.26 Å². The van der Waals surface area contributed by atoms with Crippen LogP contribution in [0.25, 0.3) is 11.0 Å². The Kier molecular flexibility index (Phi) is 9.35. The number of fused-ring (bicyclic) bond motifs is 1. The molecule has 0 aliphatic heterocycles. The molecule has 1 aromatic heterocycles. The van der Waals surface area contributed by atoms with Gasteiger partial charge in [0.25, 0.3) is 0 Å². The first-order chi connectivity index (χ1) is 17.8. The number of esters is 1. The maximum Gasteiger partial charge on any atom is 0.410 e. The van der Waals surface area contributed by atoms with Crippen LogP contribution in [-0.4, -0.2) is 41.9 Å². The van der Waals surface area contributed by atoms with Crippen LogP contribution in [0.1, 0.15) is 44.4 Å². The minimum absolute atomic E-state index is 0.0472. The van der Waals surface area contributed by atoms with E-state index >= 15 is 0 Å². The van der Waals surface area contributed by atoms with E-state index in [1.807, 2.05) is 0 Å². The second kappa shape index (κ2) is 12.1. The highest BCUT2D eigenvalue weighted by atomic mass is 79.9. The fourth-order valence-electron chi connectivity index (χ4n) is 3.70. The van der Waals surface area contributed by atoms with Gasteiger partial charge in [-0.2, -0.15) is 13.2 Å². The van der Waals surface area contributed by atoms with Gasteiger partial charge in [-0.1, -0.05) is 34.1 Å². The summed E-state index contributed by atoms with van der Waals surface area (Å²) in [7, 11) is 0. The van der Waals surface area contributed by atoms with Crippen LogP contribution in [0.2, 0.25) is 0 Å². The van der Waals surface area contributed by atoms with Crippen LogP contribution < -0.4 is 4.74 Å². The van der Waals surface area contributed by atoms with E-state index in [2.05, 4.69) is 15.9 Å². The maximum atomic E-state index is 13.3. The Morgan fingerprint density at radius 2 is 1.76 bits per heavy atom. The molecular weight excluding hydrogens is 571 g/mol. The van der Waals surface area contributed by atoms with Crippen LogP contribution in [-0.2, 0) is 33.8 Å². The van der Waals surface area contributed by atoms with Crippen LogP contribution in [0.5, 0.6) is 5.75 Å². The minimum Gasteiger partial charge on any atom is -0.488 e. The van der Waals surface area contributed by atoms with Gasteiger partial charge in [0.15, 0.2) is 0 Å². The summed E-state index contributed by atoms with van der Waals surface area (Å²) in [5.41, 5.74) is 1.00. The molecule has 0 spiro atoms. The van der Waals surface area contributed by atoms with Gasteiger partial charge in [0.2, 0.25) is 0 Å². The van der Waals surface area contributed by atoms with Crippen molar-refractivity contribution in [2.24, 2.45) is 0 Å². The molecule has 0 unspecified atom stereocenters. The number of carbonyl (C=O) groups is 2. The molecule has 206 valence electrons. The topological polar surface area (TPSA) is 78.2 Å². The largest absolute Gasteiger partial charge is 0.488 e. The first kappa shape index (κ1) is 29.3. The monoisotopic (exact) mass is 599 g/mol. The molecule has 11 heteroatoms. The summed E-state index contributed by atoms with van der Waals surface area (Å²) in [6, 6.07) is 10.4. The van der Waals surface area contributed by atoms with Crippen molar-refractivity contribution in [1.82, 2.24) is 4.90 Å². The standard InChI is InChI=1S/C27H29BrF3NO6/c1-5-35-23(33)11-17-8-6-7-9-22(17)36-14-19-15-37-24-18(10-20(28)12-21(19)24)13-32(16-27(29,30)31)25(34)38-26(2,3)4/h6-10,12,15H,5,11,13-14,16H2,1-4H3. The number of alkyl halides is 3. The molecule has 0 saturated heterocycles. The lowest BCUT2D eigenvalue weighted by Gasteiger charge is -2.28. The quantitative estimate of drug-likeness (QED) is 0.242. The van der Waals surface area contributed by atoms with E-state index in [1.54, 1.807) is 64.1 Å². The number of furan rings is 1. The van der Waals surface area contributed by atoms with Gasteiger partial charge in [0.1, 0.15) is 30.1 Å². The fraction of sp³-hybridized carbons (Fsp3) is 0.407. The van der Waals surface area contributed by atoms with Gasteiger partial charge in [-0.3, -0.25) is 9.69 Å². The highest BCUT2D eigenvalue weighted by Crippen LogP contribution is 2.32. The van der Waals surface area contributed by atoms with Crippen LogP contribution in [0, 0.1) is 0 Å². The lowest BCUT2D eigenvalue weighted by molar-refractivity contribution is -0.145. The van der Waals surface area contributed by atoms with E-state index in [0.717, 1.165) is 0 Å². The number of ether oxygens (including phenoxy) is 3. The first-order valence-electron chi connectivity index (χ1n) is 11.8. The van der Waals surface area contributed by atoms with Gasteiger partial charge in [-0.25, -0.2) is 4.79 Å². The number of halogens is 4. The number of para-hydroxylation sites is 1. The second-order valence-electron chi connectivity index (χ2n) is 9.53. The predicted molar refractivity (Wildman–Crippen MR) is 138 cm³/mol. The zero-order valence-electron chi connectivity index (χ0n) is 21.5. The summed E-state index contributed by atoms with van der Waals surface area (Å²) in [4.78, 5) is 25.1. The molecule has 3 rings (SSSR count). The first-order valence-corrected chi connectivity index (χ1v) is 12.6. The molecular formula is C27H29BrF3NO6. The Balaban J connectivity index is 1.86. The van der Waals surface area contributed by atoms with Crippen molar-refractivity contribution in [1.29, 1.82) is 0 Å². The number of nitrogens with zero attached hydrogens (tertiary/aromatic N) is 1. The van der Waals surface area contributed by atoms with Crippen molar-refractivity contribution in [2.75, 3.05) is 13.2 Å². The third-order valence-corrected chi connectivity index (χ3v) is 5.63. The molecule has 1 heterocycles. The number of hydrogen-bond donors (Lipinski definition) is 0. The number of hydrogen-bond acceptors (Lipinski definition) is 6. The number of rotatable bonds is 9. The number of carbonyl (C=O) groups excluding carboxylic acids is 2. The van der Waals surface area contributed by atoms with Gasteiger partial charge in [-0.05, 0) is 45.9 Å². The summed E-state index contributed by atoms with van der Waals surface area (Å²) in [6.45, 7) is 4.94. The Morgan fingerprint density at radius 1 is 1.05 bits per heavy atom. The Bertz CT molecular complexity index is 1280. The SMILES string of the molecule is CCOC(=O)Cc1ccccc1OCc1coc2c(CN(CC(F)(F)F)C(=O)OC(C)(C)C)cc(Br)cc12. The molecule has 0 saturated carbocycles. The zero-order valence-corrected chi connectivity index (χ0v) is 23.1. The molecule has 1 amide bonds. The van der Waals surface area contributed by atoms with E-state index < -0.39 is 24.4 Å². The molecule has 0 fully saturated rings. The summed E-state index contributed by atoms with van der Waals surface area (Å²) < 4.78 is 62.4. The smallest absolute Gasteiger partial charge is 0.410 e. The molecule has 0 atom stereocenters. The maximum absolute atomic E-state index is 13.3. The lowest BCUT2D eigenvalue weighted by atomic mass is 10.1.